The van der Waals surface area contributed by atoms with Crippen molar-refractivity contribution in [1.29, 1.82) is 0 Å². The molecule has 3 heterocycles. The Morgan fingerprint density at radius 1 is 1.48 bits per heavy atom. The van der Waals surface area contributed by atoms with Gasteiger partial charge in [-0.2, -0.15) is 9.40 Å². The minimum Gasteiger partial charge on any atom is -0.465 e. The van der Waals surface area contributed by atoms with E-state index in [2.05, 4.69) is 14.9 Å². The van der Waals surface area contributed by atoms with Crippen LogP contribution < -0.4 is 0 Å². The molecular formula is C14H17N3O4S2. The van der Waals surface area contributed by atoms with E-state index >= 15 is 0 Å². The number of carbonyl (C=O) groups is 1. The number of sulfonamides is 1. The molecule has 0 amide bonds. The summed E-state index contributed by atoms with van der Waals surface area (Å²) >= 11 is 1.08. The van der Waals surface area contributed by atoms with Crippen molar-refractivity contribution in [3.8, 4) is 0 Å². The van der Waals surface area contributed by atoms with E-state index in [9.17, 15) is 13.2 Å². The monoisotopic (exact) mass is 355 g/mol. The van der Waals surface area contributed by atoms with Crippen molar-refractivity contribution in [2.45, 2.75) is 23.7 Å². The van der Waals surface area contributed by atoms with Crippen LogP contribution in [0.3, 0.4) is 0 Å². The van der Waals surface area contributed by atoms with Crippen LogP contribution >= 0.6 is 11.3 Å². The van der Waals surface area contributed by atoms with E-state index in [0.717, 1.165) is 29.9 Å². The van der Waals surface area contributed by atoms with Crippen molar-refractivity contribution in [1.82, 2.24) is 14.5 Å². The molecule has 124 valence electrons. The first-order valence-electron chi connectivity index (χ1n) is 7.19. The Morgan fingerprint density at radius 3 is 3.00 bits per heavy atom. The van der Waals surface area contributed by atoms with Crippen LogP contribution in [0.1, 0.15) is 34.1 Å². The van der Waals surface area contributed by atoms with Gasteiger partial charge in [0, 0.05) is 30.9 Å². The maximum atomic E-state index is 12.9. The van der Waals surface area contributed by atoms with Crippen molar-refractivity contribution in [2.75, 3.05) is 20.2 Å². The van der Waals surface area contributed by atoms with Crippen LogP contribution in [0.2, 0.25) is 0 Å². The Labute approximate surface area is 138 Å². The number of H-pyrrole nitrogens is 1. The number of thiophene rings is 1. The second kappa shape index (κ2) is 6.42. The first-order valence-corrected chi connectivity index (χ1v) is 9.51. The first kappa shape index (κ1) is 16.2. The van der Waals surface area contributed by atoms with E-state index in [1.807, 2.05) is 6.07 Å². The number of piperidine rings is 1. The highest BCUT2D eigenvalue weighted by molar-refractivity contribution is 7.89. The highest BCUT2D eigenvalue weighted by Crippen LogP contribution is 2.32. The average Bonchev–Trinajstić information content (AvgIpc) is 3.25. The number of aromatic amines is 1. The summed E-state index contributed by atoms with van der Waals surface area (Å²) in [5.74, 6) is -0.540. The predicted molar refractivity (Wildman–Crippen MR) is 85.0 cm³/mol. The van der Waals surface area contributed by atoms with Gasteiger partial charge in [0.2, 0.25) is 10.0 Å². The Kier molecular flexibility index (Phi) is 4.51. The normalized spacial score (nSPS) is 19.6. The lowest BCUT2D eigenvalue weighted by atomic mass is 9.96. The molecule has 0 aromatic carbocycles. The summed E-state index contributed by atoms with van der Waals surface area (Å²) in [6.07, 6.45) is 3.33. The number of ether oxygens (including phenoxy) is 1. The van der Waals surface area contributed by atoms with Gasteiger partial charge in [-0.3, -0.25) is 5.10 Å². The minimum atomic E-state index is -3.72. The lowest BCUT2D eigenvalue weighted by Gasteiger charge is -2.31. The number of aromatic nitrogens is 2. The minimum absolute atomic E-state index is 0.0274. The molecular weight excluding hydrogens is 338 g/mol. The lowest BCUT2D eigenvalue weighted by Crippen LogP contribution is -2.39. The molecule has 2 aromatic heterocycles. The number of rotatable bonds is 4. The van der Waals surface area contributed by atoms with Crippen LogP contribution in [0.5, 0.6) is 0 Å². The zero-order valence-electron chi connectivity index (χ0n) is 12.6. The van der Waals surface area contributed by atoms with Crippen molar-refractivity contribution in [3.05, 3.63) is 34.3 Å². The van der Waals surface area contributed by atoms with Gasteiger partial charge in [0.15, 0.2) is 0 Å². The maximum Gasteiger partial charge on any atom is 0.349 e. The van der Waals surface area contributed by atoms with E-state index in [1.165, 1.54) is 17.5 Å². The number of hydrogen-bond donors (Lipinski definition) is 1. The third kappa shape index (κ3) is 3.04. The molecule has 0 radical (unpaired) electrons. The number of esters is 1. The number of carbonyl (C=O) groups excluding carboxylic acids is 1. The van der Waals surface area contributed by atoms with Crippen LogP contribution in [0, 0.1) is 0 Å². The average molecular weight is 355 g/mol. The molecule has 1 fully saturated rings. The Morgan fingerprint density at radius 2 is 2.30 bits per heavy atom. The van der Waals surface area contributed by atoms with E-state index in [4.69, 9.17) is 0 Å². The Hall–Kier alpha value is -1.71. The summed E-state index contributed by atoms with van der Waals surface area (Å²) in [7, 11) is -2.48. The summed E-state index contributed by atoms with van der Waals surface area (Å²) in [5.41, 5.74) is 0.934. The van der Waals surface area contributed by atoms with Crippen molar-refractivity contribution >= 4 is 27.3 Å². The molecule has 7 nitrogen and oxygen atoms in total. The maximum absolute atomic E-state index is 12.9. The number of hydrogen-bond acceptors (Lipinski definition) is 6. The Balaban J connectivity index is 1.88. The van der Waals surface area contributed by atoms with Crippen LogP contribution in [0.4, 0.5) is 0 Å². The SMILES string of the molecule is COC(=O)c1sccc1S(=O)(=O)N1CCC[C@@H](c2ccn[nH]2)C1. The fraction of sp³-hybridized carbons (Fsp3) is 0.429. The molecule has 0 saturated carbocycles. The largest absolute Gasteiger partial charge is 0.465 e. The summed E-state index contributed by atoms with van der Waals surface area (Å²) in [5, 5.41) is 8.43. The fourth-order valence-electron chi connectivity index (χ4n) is 2.79. The topological polar surface area (TPSA) is 92.4 Å². The van der Waals surface area contributed by atoms with E-state index in [0.29, 0.717) is 13.1 Å². The number of methoxy groups -OCH3 is 1. The van der Waals surface area contributed by atoms with Gasteiger partial charge < -0.3 is 4.74 Å². The van der Waals surface area contributed by atoms with Gasteiger partial charge >= 0.3 is 5.97 Å². The van der Waals surface area contributed by atoms with Gasteiger partial charge in [0.25, 0.3) is 0 Å². The third-order valence-electron chi connectivity index (χ3n) is 3.96. The van der Waals surface area contributed by atoms with E-state index in [1.54, 1.807) is 11.6 Å². The molecule has 1 aliphatic rings. The second-order valence-corrected chi connectivity index (χ2v) is 8.14. The van der Waals surface area contributed by atoms with Gasteiger partial charge in [-0.1, -0.05) is 0 Å². The van der Waals surface area contributed by atoms with Crippen LogP contribution in [0.15, 0.2) is 28.6 Å². The summed E-state index contributed by atoms with van der Waals surface area (Å²) < 4.78 is 31.9. The zero-order valence-corrected chi connectivity index (χ0v) is 14.2. The summed E-state index contributed by atoms with van der Waals surface area (Å²) in [4.78, 5) is 11.9. The van der Waals surface area contributed by atoms with Crippen LogP contribution in [0.25, 0.3) is 0 Å². The molecule has 2 aromatic rings. The first-order chi connectivity index (χ1) is 11.0. The Bertz CT molecular complexity index is 783. The fourth-order valence-corrected chi connectivity index (χ4v) is 5.62. The molecule has 1 aliphatic heterocycles. The van der Waals surface area contributed by atoms with Gasteiger partial charge in [-0.25, -0.2) is 13.2 Å². The lowest BCUT2D eigenvalue weighted by molar-refractivity contribution is 0.0602. The highest BCUT2D eigenvalue weighted by atomic mass is 32.2. The molecule has 1 saturated heterocycles. The molecule has 0 unspecified atom stereocenters. The third-order valence-corrected chi connectivity index (χ3v) is 6.90. The molecule has 1 atom stereocenters. The quantitative estimate of drug-likeness (QED) is 0.845. The van der Waals surface area contributed by atoms with E-state index < -0.39 is 16.0 Å². The van der Waals surface area contributed by atoms with Crippen molar-refractivity contribution in [2.24, 2.45) is 0 Å². The molecule has 0 bridgehead atoms. The smallest absolute Gasteiger partial charge is 0.349 e. The van der Waals surface area contributed by atoms with Gasteiger partial charge in [-0.05, 0) is 30.4 Å². The van der Waals surface area contributed by atoms with Gasteiger partial charge in [-0.15, -0.1) is 11.3 Å². The van der Waals surface area contributed by atoms with Crippen molar-refractivity contribution < 1.29 is 17.9 Å². The standard InChI is InChI=1S/C14H17N3O4S2/c1-21-14(18)13-12(5-8-22-13)23(19,20)17-7-2-3-10(9-17)11-4-6-15-16-11/h4-6,8,10H,2-3,7,9H2,1H3,(H,15,16)/t10-/m1/s1. The van der Waals surface area contributed by atoms with Gasteiger partial charge in [0.05, 0.1) is 7.11 Å². The summed E-state index contributed by atoms with van der Waals surface area (Å²) in [6.45, 7) is 0.824. The van der Waals surface area contributed by atoms with E-state index in [-0.39, 0.29) is 15.7 Å². The zero-order chi connectivity index (χ0) is 16.4. The highest BCUT2D eigenvalue weighted by Gasteiger charge is 2.34. The van der Waals surface area contributed by atoms with Gasteiger partial charge in [0.1, 0.15) is 9.77 Å². The van der Waals surface area contributed by atoms with Crippen molar-refractivity contribution in [3.63, 3.8) is 0 Å². The number of nitrogens with zero attached hydrogens (tertiary/aromatic N) is 2. The molecule has 23 heavy (non-hydrogen) atoms. The molecule has 9 heteroatoms. The van der Waals surface area contributed by atoms with Crippen LogP contribution in [-0.2, 0) is 14.8 Å². The molecule has 0 aliphatic carbocycles. The number of nitrogens with one attached hydrogen (secondary N) is 1. The van der Waals surface area contributed by atoms with Crippen LogP contribution in [-0.4, -0.2) is 49.1 Å². The predicted octanol–water partition coefficient (Wildman–Crippen LogP) is 1.83. The molecule has 0 spiro atoms. The second-order valence-electron chi connectivity index (χ2n) is 5.32. The summed E-state index contributed by atoms with van der Waals surface area (Å²) in [6, 6.07) is 3.33. The molecule has 3 rings (SSSR count). The molecule has 1 N–H and O–H groups in total.